The number of benzene rings is 1. The predicted molar refractivity (Wildman–Crippen MR) is 220 cm³/mol. The molecule has 1 aromatic carbocycles. The third-order valence-electron chi connectivity index (χ3n) is 10.0. The van der Waals surface area contributed by atoms with Crippen molar-refractivity contribution < 1.29 is 43.3 Å². The van der Waals surface area contributed by atoms with Gasteiger partial charge in [0.1, 0.15) is 23.7 Å². The number of esters is 1. The molecule has 2 rings (SSSR count). The minimum absolute atomic E-state index is 0.0739. The highest BCUT2D eigenvalue weighted by Crippen LogP contribution is 2.37. The van der Waals surface area contributed by atoms with Crippen LogP contribution in [0.5, 0.6) is 0 Å². The van der Waals surface area contributed by atoms with Gasteiger partial charge in [-0.15, -0.1) is 0 Å². The molecule has 2 aromatic rings. The Morgan fingerprint density at radius 3 is 2.05 bits per heavy atom. The van der Waals surface area contributed by atoms with Crippen LogP contribution in [-0.4, -0.2) is 106 Å². The Bertz CT molecular complexity index is 1800. The molecule has 0 radical (unpaired) electrons. The molecule has 4 unspecified atom stereocenters. The number of para-hydroxylation sites is 1. The number of nitrogens with zero attached hydrogens (tertiary/aromatic N) is 3. The van der Waals surface area contributed by atoms with Crippen LogP contribution >= 0.6 is 0 Å². The molecular formula is C43H67N5O9. The summed E-state index contributed by atoms with van der Waals surface area (Å²) in [6.07, 6.45) is 2.95. The monoisotopic (exact) mass is 797 g/mol. The molecular weight excluding hydrogens is 730 g/mol. The fourth-order valence-corrected chi connectivity index (χ4v) is 6.95. The van der Waals surface area contributed by atoms with Crippen molar-refractivity contribution in [3.8, 4) is 0 Å². The molecule has 14 nitrogen and oxygen atoms in total. The van der Waals surface area contributed by atoms with Crippen LogP contribution in [0, 0.1) is 11.3 Å². The van der Waals surface area contributed by atoms with E-state index >= 15 is 0 Å². The zero-order valence-corrected chi connectivity index (χ0v) is 36.7. The third-order valence-corrected chi connectivity index (χ3v) is 10.0. The standard InChI is InChI=1S/C43H67N5O9/c1-16-56-39(54)30(21-19-23-33(49)50)44-36(51)27(4)24-32(26(2)3)47(14)38(53)34(41(5,6)7)45-37(52)35(48(15)40(55)57-42(8,9)10)43(11,12)29-25-46(13)31-22-18-17-20-28(29)31/h17-18,20,22,24-26,30,32,34-35H,16,19,21,23H2,1-15H3,(H,44,51)(H,45,52)(H,49,50). The number of hydrogen-bond acceptors (Lipinski definition) is 8. The number of likely N-dealkylation sites (N-methyl/N-ethyl adjacent to an activating group) is 2. The normalized spacial score (nSPS) is 14.6. The highest BCUT2D eigenvalue weighted by molar-refractivity contribution is 5.96. The van der Waals surface area contributed by atoms with Gasteiger partial charge < -0.3 is 34.7 Å². The number of aromatic nitrogens is 1. The molecule has 57 heavy (non-hydrogen) atoms. The summed E-state index contributed by atoms with van der Waals surface area (Å²) in [7, 11) is 5.05. The quantitative estimate of drug-likeness (QED) is 0.129. The molecule has 0 saturated carbocycles. The van der Waals surface area contributed by atoms with Crippen LogP contribution in [0.3, 0.4) is 0 Å². The van der Waals surface area contributed by atoms with Crippen molar-refractivity contribution in [3.05, 3.63) is 47.7 Å². The molecule has 0 aliphatic carbocycles. The third kappa shape index (κ3) is 12.8. The summed E-state index contributed by atoms with van der Waals surface area (Å²) in [5, 5.41) is 15.7. The Morgan fingerprint density at radius 2 is 1.53 bits per heavy atom. The number of aliphatic carboxylic acids is 1. The second-order valence-electron chi connectivity index (χ2n) is 17.8. The smallest absolute Gasteiger partial charge is 0.410 e. The molecule has 4 amide bonds. The van der Waals surface area contributed by atoms with Gasteiger partial charge in [-0.25, -0.2) is 9.59 Å². The molecule has 0 fully saturated rings. The molecule has 1 heterocycles. The number of ether oxygens (including phenoxy) is 2. The maximum Gasteiger partial charge on any atom is 0.410 e. The summed E-state index contributed by atoms with van der Waals surface area (Å²) in [6, 6.07) is 3.94. The van der Waals surface area contributed by atoms with E-state index in [4.69, 9.17) is 14.6 Å². The maximum atomic E-state index is 14.8. The number of nitrogens with one attached hydrogen (secondary N) is 2. The summed E-state index contributed by atoms with van der Waals surface area (Å²) >= 11 is 0. The topological polar surface area (TPSA) is 177 Å². The number of aryl methyl sites for hydroxylation is 1. The average Bonchev–Trinajstić information content (AvgIpc) is 3.43. The van der Waals surface area contributed by atoms with Crippen LogP contribution in [0.2, 0.25) is 0 Å². The zero-order valence-electron chi connectivity index (χ0n) is 36.7. The summed E-state index contributed by atoms with van der Waals surface area (Å²) in [5.74, 6) is -3.41. The number of carbonyl (C=O) groups excluding carboxylic acids is 5. The zero-order chi connectivity index (χ0) is 43.8. The lowest BCUT2D eigenvalue weighted by Crippen LogP contribution is -2.63. The van der Waals surface area contributed by atoms with E-state index in [2.05, 4.69) is 10.6 Å². The number of carbonyl (C=O) groups is 6. The van der Waals surface area contributed by atoms with Gasteiger partial charge in [0.25, 0.3) is 0 Å². The highest BCUT2D eigenvalue weighted by Gasteiger charge is 2.47. The Balaban J connectivity index is 2.55. The maximum absolute atomic E-state index is 14.8. The first kappa shape index (κ1) is 48.3. The number of rotatable bonds is 17. The Hall–Kier alpha value is -4.88. The summed E-state index contributed by atoms with van der Waals surface area (Å²) in [5.41, 5.74) is -0.616. The predicted octanol–water partition coefficient (Wildman–Crippen LogP) is 5.95. The van der Waals surface area contributed by atoms with Crippen LogP contribution in [-0.2, 0) is 45.9 Å². The Kier molecular flexibility index (Phi) is 16.5. The second-order valence-corrected chi connectivity index (χ2v) is 17.8. The van der Waals surface area contributed by atoms with Crippen LogP contribution in [0.25, 0.3) is 10.9 Å². The Labute approximate surface area is 338 Å². The van der Waals surface area contributed by atoms with Gasteiger partial charge >= 0.3 is 18.0 Å². The lowest BCUT2D eigenvalue weighted by Gasteiger charge is -2.42. The molecule has 0 saturated heterocycles. The molecule has 0 spiro atoms. The molecule has 1 aromatic heterocycles. The van der Waals surface area contributed by atoms with Gasteiger partial charge in [0.2, 0.25) is 17.7 Å². The lowest BCUT2D eigenvalue weighted by molar-refractivity contribution is -0.147. The van der Waals surface area contributed by atoms with E-state index in [-0.39, 0.29) is 37.4 Å². The molecule has 0 aliphatic heterocycles. The first-order valence-electron chi connectivity index (χ1n) is 19.6. The van der Waals surface area contributed by atoms with Gasteiger partial charge in [-0.05, 0) is 70.4 Å². The van der Waals surface area contributed by atoms with Crippen molar-refractivity contribution in [3.63, 3.8) is 0 Å². The fourth-order valence-electron chi connectivity index (χ4n) is 6.95. The van der Waals surface area contributed by atoms with E-state index in [0.29, 0.717) is 0 Å². The van der Waals surface area contributed by atoms with E-state index < -0.39 is 76.4 Å². The molecule has 4 atom stereocenters. The number of amides is 4. The van der Waals surface area contributed by atoms with Crippen LogP contribution in [0.4, 0.5) is 4.79 Å². The number of fused-ring (bicyclic) bond motifs is 1. The van der Waals surface area contributed by atoms with E-state index in [1.807, 2.05) is 90.5 Å². The second kappa shape index (κ2) is 19.5. The SMILES string of the molecule is CCOC(=O)C(CCCC(=O)O)NC(=O)C(C)=CC(C(C)C)N(C)C(=O)C(NC(=O)C(N(C)C(=O)OC(C)(C)C)C(C)(C)c1cn(C)c2ccccc12)C(C)(C)C. The largest absolute Gasteiger partial charge is 0.481 e. The van der Waals surface area contributed by atoms with E-state index in [9.17, 15) is 28.8 Å². The van der Waals surface area contributed by atoms with E-state index in [1.54, 1.807) is 47.7 Å². The molecule has 0 bridgehead atoms. The van der Waals surface area contributed by atoms with Gasteiger partial charge in [0.15, 0.2) is 0 Å². The van der Waals surface area contributed by atoms with Gasteiger partial charge in [-0.1, -0.05) is 72.7 Å². The summed E-state index contributed by atoms with van der Waals surface area (Å²) in [6.45, 7) is 21.6. The fraction of sp³-hybridized carbons (Fsp3) is 0.628. The van der Waals surface area contributed by atoms with Gasteiger partial charge in [0, 0.05) is 55.7 Å². The van der Waals surface area contributed by atoms with Gasteiger partial charge in [0.05, 0.1) is 12.6 Å². The number of hydrogen-bond donors (Lipinski definition) is 3. The summed E-state index contributed by atoms with van der Waals surface area (Å²) in [4.78, 5) is 83.0. The number of carboxylic acid groups (broad SMARTS) is 1. The van der Waals surface area contributed by atoms with Crippen molar-refractivity contribution in [1.29, 1.82) is 0 Å². The van der Waals surface area contributed by atoms with Gasteiger partial charge in [-0.2, -0.15) is 0 Å². The van der Waals surface area contributed by atoms with Crippen molar-refractivity contribution in [2.24, 2.45) is 18.4 Å². The van der Waals surface area contributed by atoms with Crippen molar-refractivity contribution in [2.75, 3.05) is 20.7 Å². The first-order valence-corrected chi connectivity index (χ1v) is 19.6. The lowest BCUT2D eigenvalue weighted by atomic mass is 9.76. The number of carboxylic acids is 1. The van der Waals surface area contributed by atoms with E-state index in [1.165, 1.54) is 16.8 Å². The van der Waals surface area contributed by atoms with E-state index in [0.717, 1.165) is 16.5 Å². The summed E-state index contributed by atoms with van der Waals surface area (Å²) < 4.78 is 12.8. The first-order chi connectivity index (χ1) is 26.1. The molecule has 318 valence electrons. The van der Waals surface area contributed by atoms with Gasteiger partial charge in [-0.3, -0.25) is 24.1 Å². The van der Waals surface area contributed by atoms with Crippen LogP contribution in [0.15, 0.2) is 42.1 Å². The average molecular weight is 798 g/mol. The molecule has 3 N–H and O–H groups in total. The minimum Gasteiger partial charge on any atom is -0.481 e. The van der Waals surface area contributed by atoms with Crippen molar-refractivity contribution in [2.45, 2.75) is 138 Å². The minimum atomic E-state index is -1.13. The van der Waals surface area contributed by atoms with Crippen molar-refractivity contribution >= 4 is 46.7 Å². The molecule has 0 aliphatic rings. The highest BCUT2D eigenvalue weighted by atomic mass is 16.6. The van der Waals surface area contributed by atoms with Crippen LogP contribution in [0.1, 0.15) is 108 Å². The molecule has 14 heteroatoms. The van der Waals surface area contributed by atoms with Crippen LogP contribution < -0.4 is 10.6 Å². The Morgan fingerprint density at radius 1 is 0.930 bits per heavy atom. The van der Waals surface area contributed by atoms with Crippen molar-refractivity contribution in [1.82, 2.24) is 25.0 Å².